The van der Waals surface area contributed by atoms with Gasteiger partial charge in [-0.25, -0.2) is 18.7 Å². The highest BCUT2D eigenvalue weighted by atomic mass is 19.1. The minimum absolute atomic E-state index is 0.0407. The van der Waals surface area contributed by atoms with Gasteiger partial charge in [0.25, 0.3) is 5.91 Å². The number of benzene rings is 2. The van der Waals surface area contributed by atoms with Crippen molar-refractivity contribution in [3.63, 3.8) is 0 Å². The van der Waals surface area contributed by atoms with E-state index < -0.39 is 23.2 Å². The van der Waals surface area contributed by atoms with Gasteiger partial charge in [0.05, 0.1) is 6.61 Å². The number of aromatic nitrogens is 2. The number of anilines is 3. The number of nitrogens with zero attached hydrogens (tertiary/aromatic N) is 2. The minimum atomic E-state index is -0.870. The summed E-state index contributed by atoms with van der Waals surface area (Å²) < 4.78 is 32.7. The lowest BCUT2D eigenvalue weighted by atomic mass is 10.2. The van der Waals surface area contributed by atoms with E-state index >= 15 is 0 Å². The van der Waals surface area contributed by atoms with Gasteiger partial charge in [0.15, 0.2) is 0 Å². The molecule has 1 aromatic heterocycles. The van der Waals surface area contributed by atoms with E-state index in [0.29, 0.717) is 12.3 Å². The topological polar surface area (TPSA) is 76.1 Å². The number of carbonyl (C=O) groups is 1. The fourth-order valence-corrected chi connectivity index (χ4v) is 2.27. The molecule has 0 radical (unpaired) electrons. The second kappa shape index (κ2) is 8.22. The maximum Gasteiger partial charge on any atom is 0.274 e. The quantitative estimate of drug-likeness (QED) is 0.682. The van der Waals surface area contributed by atoms with Gasteiger partial charge in [-0.1, -0.05) is 6.07 Å². The van der Waals surface area contributed by atoms with E-state index in [-0.39, 0.29) is 11.6 Å². The van der Waals surface area contributed by atoms with Crippen LogP contribution in [0.1, 0.15) is 17.4 Å². The van der Waals surface area contributed by atoms with Crippen LogP contribution in [0.3, 0.4) is 0 Å². The molecular weight excluding hydrogens is 354 g/mol. The van der Waals surface area contributed by atoms with Crippen molar-refractivity contribution in [2.45, 2.75) is 6.92 Å². The summed E-state index contributed by atoms with van der Waals surface area (Å²) in [5.74, 6) is -1.60. The summed E-state index contributed by atoms with van der Waals surface area (Å²) in [6, 6.07) is 11.8. The number of carbonyl (C=O) groups excluding carboxylic acids is 1. The lowest BCUT2D eigenvalue weighted by molar-refractivity contribution is 0.102. The SMILES string of the molecule is CCOc1ccc(Nc2nccc(C(=O)Nc3c(F)cccc3F)n2)cc1. The summed E-state index contributed by atoms with van der Waals surface area (Å²) in [6.07, 6.45) is 1.37. The first-order chi connectivity index (χ1) is 13.1. The molecule has 138 valence electrons. The Morgan fingerprint density at radius 2 is 1.78 bits per heavy atom. The molecule has 1 amide bonds. The monoisotopic (exact) mass is 370 g/mol. The van der Waals surface area contributed by atoms with E-state index in [0.717, 1.165) is 17.9 Å². The van der Waals surface area contributed by atoms with Gasteiger partial charge in [-0.15, -0.1) is 0 Å². The van der Waals surface area contributed by atoms with Crippen molar-refractivity contribution < 1.29 is 18.3 Å². The maximum absolute atomic E-state index is 13.7. The van der Waals surface area contributed by atoms with Gasteiger partial charge in [-0.05, 0) is 49.4 Å². The Labute approximate surface area is 154 Å². The van der Waals surface area contributed by atoms with Crippen LogP contribution in [0.2, 0.25) is 0 Å². The first-order valence-corrected chi connectivity index (χ1v) is 8.15. The van der Waals surface area contributed by atoms with Crippen LogP contribution in [0, 0.1) is 11.6 Å². The molecule has 3 rings (SSSR count). The summed E-state index contributed by atoms with van der Waals surface area (Å²) >= 11 is 0. The van der Waals surface area contributed by atoms with Crippen LogP contribution in [0.15, 0.2) is 54.7 Å². The number of ether oxygens (including phenoxy) is 1. The van der Waals surface area contributed by atoms with Crippen molar-refractivity contribution in [1.29, 1.82) is 0 Å². The zero-order valence-corrected chi connectivity index (χ0v) is 14.4. The number of hydrogen-bond acceptors (Lipinski definition) is 5. The predicted molar refractivity (Wildman–Crippen MR) is 97.2 cm³/mol. The van der Waals surface area contributed by atoms with Crippen molar-refractivity contribution in [2.24, 2.45) is 0 Å². The van der Waals surface area contributed by atoms with Crippen LogP contribution in [-0.2, 0) is 0 Å². The molecule has 0 fully saturated rings. The number of hydrogen-bond donors (Lipinski definition) is 2. The molecule has 0 unspecified atom stereocenters. The molecule has 6 nitrogen and oxygen atoms in total. The number of rotatable bonds is 6. The van der Waals surface area contributed by atoms with Gasteiger partial charge in [-0.3, -0.25) is 4.79 Å². The summed E-state index contributed by atoms with van der Waals surface area (Å²) in [5, 5.41) is 5.13. The number of halogens is 2. The number of nitrogens with one attached hydrogen (secondary N) is 2. The van der Waals surface area contributed by atoms with Crippen molar-refractivity contribution in [2.75, 3.05) is 17.2 Å². The van der Waals surface area contributed by atoms with Gasteiger partial charge < -0.3 is 15.4 Å². The highest BCUT2D eigenvalue weighted by Gasteiger charge is 2.15. The Hall–Kier alpha value is -3.55. The summed E-state index contributed by atoms with van der Waals surface area (Å²) in [5.41, 5.74) is 0.124. The number of para-hydroxylation sites is 1. The highest BCUT2D eigenvalue weighted by molar-refractivity contribution is 6.03. The van der Waals surface area contributed by atoms with Crippen molar-refractivity contribution in [3.8, 4) is 5.75 Å². The molecule has 0 atom stereocenters. The molecular formula is C19H16F2N4O2. The largest absolute Gasteiger partial charge is 0.494 e. The minimum Gasteiger partial charge on any atom is -0.494 e. The first kappa shape index (κ1) is 18.2. The van der Waals surface area contributed by atoms with Crippen LogP contribution in [0.25, 0.3) is 0 Å². The normalized spacial score (nSPS) is 10.3. The van der Waals surface area contributed by atoms with E-state index in [9.17, 15) is 13.6 Å². The molecule has 1 heterocycles. The van der Waals surface area contributed by atoms with Crippen LogP contribution in [-0.4, -0.2) is 22.5 Å². The summed E-state index contributed by atoms with van der Waals surface area (Å²) in [4.78, 5) is 20.4. The lowest BCUT2D eigenvalue weighted by Crippen LogP contribution is -2.16. The molecule has 8 heteroatoms. The molecule has 0 aliphatic heterocycles. The zero-order chi connectivity index (χ0) is 19.2. The van der Waals surface area contributed by atoms with Crippen molar-refractivity contribution in [1.82, 2.24) is 9.97 Å². The third-order valence-corrected chi connectivity index (χ3v) is 3.51. The summed E-state index contributed by atoms with van der Waals surface area (Å²) in [6.45, 7) is 2.46. The average molecular weight is 370 g/mol. The third-order valence-electron chi connectivity index (χ3n) is 3.51. The van der Waals surface area contributed by atoms with E-state index in [2.05, 4.69) is 20.6 Å². The van der Waals surface area contributed by atoms with Crippen molar-refractivity contribution >= 4 is 23.2 Å². The Balaban J connectivity index is 1.74. The van der Waals surface area contributed by atoms with E-state index in [1.807, 2.05) is 6.92 Å². The molecule has 0 aliphatic carbocycles. The molecule has 27 heavy (non-hydrogen) atoms. The van der Waals surface area contributed by atoms with Gasteiger partial charge in [0.1, 0.15) is 28.8 Å². The fourth-order valence-electron chi connectivity index (χ4n) is 2.27. The molecule has 0 aliphatic rings. The van der Waals surface area contributed by atoms with Gasteiger partial charge in [-0.2, -0.15) is 0 Å². The standard InChI is InChI=1S/C19H16F2N4O2/c1-2-27-13-8-6-12(7-9-13)23-19-22-11-10-16(24-19)18(26)25-17-14(20)4-3-5-15(17)21/h3-11H,2H2,1H3,(H,25,26)(H,22,23,24). The smallest absolute Gasteiger partial charge is 0.274 e. The Morgan fingerprint density at radius 1 is 1.07 bits per heavy atom. The Morgan fingerprint density at radius 3 is 2.44 bits per heavy atom. The van der Waals surface area contributed by atoms with Crippen molar-refractivity contribution in [3.05, 3.63) is 72.1 Å². The van der Waals surface area contributed by atoms with Crippen LogP contribution >= 0.6 is 0 Å². The summed E-state index contributed by atoms with van der Waals surface area (Å²) in [7, 11) is 0. The Bertz CT molecular complexity index is 928. The van der Waals surface area contributed by atoms with Gasteiger partial charge >= 0.3 is 0 Å². The van der Waals surface area contributed by atoms with Crippen LogP contribution in [0.5, 0.6) is 5.75 Å². The molecule has 3 aromatic rings. The van der Waals surface area contributed by atoms with E-state index in [1.165, 1.54) is 18.3 Å². The molecule has 0 saturated carbocycles. The molecule has 2 N–H and O–H groups in total. The van der Waals surface area contributed by atoms with E-state index in [4.69, 9.17) is 4.74 Å². The average Bonchev–Trinajstić information content (AvgIpc) is 2.67. The highest BCUT2D eigenvalue weighted by Crippen LogP contribution is 2.20. The van der Waals surface area contributed by atoms with Gasteiger partial charge in [0.2, 0.25) is 5.95 Å². The maximum atomic E-state index is 13.7. The Kier molecular flexibility index (Phi) is 5.55. The second-order valence-corrected chi connectivity index (χ2v) is 5.40. The molecule has 2 aromatic carbocycles. The lowest BCUT2D eigenvalue weighted by Gasteiger charge is -2.09. The number of amides is 1. The second-order valence-electron chi connectivity index (χ2n) is 5.40. The third kappa shape index (κ3) is 4.55. The van der Waals surface area contributed by atoms with Gasteiger partial charge in [0, 0.05) is 11.9 Å². The molecule has 0 bridgehead atoms. The zero-order valence-electron chi connectivity index (χ0n) is 14.4. The van der Waals surface area contributed by atoms with Crippen LogP contribution < -0.4 is 15.4 Å². The molecule has 0 saturated heterocycles. The van der Waals surface area contributed by atoms with E-state index in [1.54, 1.807) is 24.3 Å². The predicted octanol–water partition coefficient (Wildman–Crippen LogP) is 4.15. The fraction of sp³-hybridized carbons (Fsp3) is 0.105. The first-order valence-electron chi connectivity index (χ1n) is 8.15. The molecule has 0 spiro atoms. The van der Waals surface area contributed by atoms with Crippen LogP contribution in [0.4, 0.5) is 26.1 Å².